The van der Waals surface area contributed by atoms with E-state index in [9.17, 15) is 0 Å². The van der Waals surface area contributed by atoms with Gasteiger partial charge in [-0.15, -0.1) is 0 Å². The highest BCUT2D eigenvalue weighted by Gasteiger charge is 2.38. The maximum atomic E-state index is 4.27. The molecule has 2 saturated heterocycles. The number of pyridine rings is 1. The lowest BCUT2D eigenvalue weighted by Crippen LogP contribution is -2.56. The molecule has 1 N–H and O–H groups in total. The maximum absolute atomic E-state index is 4.27. The van der Waals surface area contributed by atoms with Crippen molar-refractivity contribution in [2.24, 2.45) is 0 Å². The molecule has 0 spiro atoms. The third-order valence-electron chi connectivity index (χ3n) is 5.32. The zero-order valence-electron chi connectivity index (χ0n) is 12.6. The number of aromatic nitrogens is 1. The molecule has 2 bridgehead atoms. The summed E-state index contributed by atoms with van der Waals surface area (Å²) in [5, 5.41) is 6.11. The molecule has 0 amide bonds. The van der Waals surface area contributed by atoms with E-state index in [-0.39, 0.29) is 0 Å². The Morgan fingerprint density at radius 3 is 2.71 bits per heavy atom. The number of nitrogens with zero attached hydrogens (tertiary/aromatic N) is 2. The van der Waals surface area contributed by atoms with Crippen molar-refractivity contribution in [1.82, 2.24) is 10.3 Å². The quantitative estimate of drug-likeness (QED) is 0.915. The van der Waals surface area contributed by atoms with Crippen LogP contribution in [-0.4, -0.2) is 30.2 Å². The van der Waals surface area contributed by atoms with Gasteiger partial charge in [0, 0.05) is 47.0 Å². The van der Waals surface area contributed by atoms with Crippen LogP contribution in [0.1, 0.15) is 32.1 Å². The van der Waals surface area contributed by atoms with Gasteiger partial charge in [-0.05, 0) is 51.3 Å². The minimum absolute atomic E-state index is 0.688. The molecule has 3 heterocycles. The first-order valence-corrected chi connectivity index (χ1v) is 8.15. The number of hydrogen-bond donors (Lipinski definition) is 1. The van der Waals surface area contributed by atoms with Crippen LogP contribution in [0, 0.1) is 0 Å². The average Bonchev–Trinajstić information content (AvgIpc) is 2.53. The first-order chi connectivity index (χ1) is 10.4. The number of fused-ring (bicyclic) bond motifs is 3. The summed E-state index contributed by atoms with van der Waals surface area (Å²) >= 11 is 0. The molecule has 3 heteroatoms. The van der Waals surface area contributed by atoms with E-state index in [1.807, 2.05) is 12.4 Å². The number of benzene rings is 1. The van der Waals surface area contributed by atoms with E-state index in [0.29, 0.717) is 18.1 Å². The minimum Gasteiger partial charge on any atom is -0.365 e. The molecule has 3 nitrogen and oxygen atoms in total. The standard InChI is InChI=1S/C18H23N3/c1-19-14-10-15-5-3-6-16(11-14)21(15)18-7-2-4-13-12-20-9-8-17(13)18/h2,4,7-9,12,14-16,19H,3,5-6,10-11H2,1H3. The fraction of sp³-hybridized carbons (Fsp3) is 0.500. The first kappa shape index (κ1) is 13.1. The summed E-state index contributed by atoms with van der Waals surface area (Å²) in [6.45, 7) is 0. The van der Waals surface area contributed by atoms with Crippen molar-refractivity contribution < 1.29 is 0 Å². The summed E-state index contributed by atoms with van der Waals surface area (Å²) in [5.41, 5.74) is 1.42. The Kier molecular flexibility index (Phi) is 3.30. The van der Waals surface area contributed by atoms with Gasteiger partial charge in [0.25, 0.3) is 0 Å². The van der Waals surface area contributed by atoms with Gasteiger partial charge in [0.2, 0.25) is 0 Å². The lowest BCUT2D eigenvalue weighted by Gasteiger charge is -2.50. The van der Waals surface area contributed by atoms with Crippen LogP contribution in [0.2, 0.25) is 0 Å². The smallest absolute Gasteiger partial charge is 0.0452 e. The number of nitrogens with one attached hydrogen (secondary N) is 1. The van der Waals surface area contributed by atoms with Gasteiger partial charge in [0.1, 0.15) is 0 Å². The van der Waals surface area contributed by atoms with Gasteiger partial charge < -0.3 is 10.2 Å². The highest BCUT2D eigenvalue weighted by Crippen LogP contribution is 2.40. The Morgan fingerprint density at radius 2 is 1.95 bits per heavy atom. The van der Waals surface area contributed by atoms with Gasteiger partial charge in [-0.3, -0.25) is 4.98 Å². The molecule has 2 fully saturated rings. The SMILES string of the molecule is CNC1CC2CCCC(C1)N2c1cccc2cnccc12. The molecule has 1 aromatic heterocycles. The third-order valence-corrected chi connectivity index (χ3v) is 5.32. The van der Waals surface area contributed by atoms with Crippen molar-refractivity contribution >= 4 is 16.5 Å². The monoisotopic (exact) mass is 281 g/mol. The van der Waals surface area contributed by atoms with E-state index in [0.717, 1.165) is 0 Å². The van der Waals surface area contributed by atoms with Crippen molar-refractivity contribution in [3.05, 3.63) is 36.7 Å². The van der Waals surface area contributed by atoms with Gasteiger partial charge in [-0.2, -0.15) is 0 Å². The molecule has 2 aromatic rings. The van der Waals surface area contributed by atoms with Crippen molar-refractivity contribution in [3.63, 3.8) is 0 Å². The fourth-order valence-corrected chi connectivity index (χ4v) is 4.34. The van der Waals surface area contributed by atoms with Crippen LogP contribution in [0.15, 0.2) is 36.7 Å². The molecule has 2 aliphatic rings. The number of anilines is 1. The fourth-order valence-electron chi connectivity index (χ4n) is 4.34. The normalized spacial score (nSPS) is 28.8. The Bertz CT molecular complexity index is 620. The first-order valence-electron chi connectivity index (χ1n) is 8.15. The Labute approximate surface area is 126 Å². The third kappa shape index (κ3) is 2.20. The Morgan fingerprint density at radius 1 is 1.14 bits per heavy atom. The van der Waals surface area contributed by atoms with Crippen LogP contribution in [-0.2, 0) is 0 Å². The molecule has 110 valence electrons. The number of piperidine rings is 2. The maximum Gasteiger partial charge on any atom is 0.0452 e. The molecular formula is C18H23N3. The number of hydrogen-bond acceptors (Lipinski definition) is 3. The zero-order valence-corrected chi connectivity index (χ0v) is 12.6. The largest absolute Gasteiger partial charge is 0.365 e. The second kappa shape index (κ2) is 5.30. The molecule has 2 aliphatic heterocycles. The van der Waals surface area contributed by atoms with E-state index >= 15 is 0 Å². The van der Waals surface area contributed by atoms with Gasteiger partial charge in [-0.1, -0.05) is 12.1 Å². The Hall–Kier alpha value is -1.61. The second-order valence-electron chi connectivity index (χ2n) is 6.48. The van der Waals surface area contributed by atoms with Crippen LogP contribution in [0.25, 0.3) is 10.8 Å². The molecular weight excluding hydrogens is 258 g/mol. The van der Waals surface area contributed by atoms with Crippen LogP contribution >= 0.6 is 0 Å². The minimum atomic E-state index is 0.688. The van der Waals surface area contributed by atoms with Crippen LogP contribution in [0.5, 0.6) is 0 Å². The highest BCUT2D eigenvalue weighted by atomic mass is 15.2. The molecule has 2 unspecified atom stereocenters. The summed E-state index contributed by atoms with van der Waals surface area (Å²) < 4.78 is 0. The summed E-state index contributed by atoms with van der Waals surface area (Å²) in [6.07, 6.45) is 10.5. The van der Waals surface area contributed by atoms with Crippen molar-refractivity contribution in [1.29, 1.82) is 0 Å². The van der Waals surface area contributed by atoms with Crippen molar-refractivity contribution in [2.45, 2.75) is 50.2 Å². The molecule has 0 aliphatic carbocycles. The van der Waals surface area contributed by atoms with E-state index < -0.39 is 0 Å². The zero-order chi connectivity index (χ0) is 14.2. The average molecular weight is 281 g/mol. The molecule has 1 aromatic carbocycles. The van der Waals surface area contributed by atoms with Crippen molar-refractivity contribution in [2.75, 3.05) is 11.9 Å². The molecule has 0 saturated carbocycles. The Balaban J connectivity index is 1.78. The molecule has 2 atom stereocenters. The van der Waals surface area contributed by atoms with E-state index in [1.54, 1.807) is 0 Å². The topological polar surface area (TPSA) is 28.2 Å². The molecule has 4 rings (SSSR count). The summed E-state index contributed by atoms with van der Waals surface area (Å²) in [5.74, 6) is 0. The van der Waals surface area contributed by atoms with Crippen LogP contribution in [0.4, 0.5) is 5.69 Å². The lowest BCUT2D eigenvalue weighted by molar-refractivity contribution is 0.253. The van der Waals surface area contributed by atoms with Gasteiger partial charge in [-0.25, -0.2) is 0 Å². The predicted octanol–water partition coefficient (Wildman–Crippen LogP) is 3.34. The van der Waals surface area contributed by atoms with E-state index in [2.05, 4.69) is 46.5 Å². The summed E-state index contributed by atoms with van der Waals surface area (Å²) in [6, 6.07) is 10.9. The van der Waals surface area contributed by atoms with Crippen molar-refractivity contribution in [3.8, 4) is 0 Å². The molecule has 21 heavy (non-hydrogen) atoms. The summed E-state index contributed by atoms with van der Waals surface area (Å²) in [7, 11) is 2.11. The van der Waals surface area contributed by atoms with Gasteiger partial charge >= 0.3 is 0 Å². The van der Waals surface area contributed by atoms with Crippen LogP contribution in [0.3, 0.4) is 0 Å². The molecule has 0 radical (unpaired) electrons. The highest BCUT2D eigenvalue weighted by molar-refractivity contribution is 5.94. The van der Waals surface area contributed by atoms with E-state index in [1.165, 1.54) is 48.6 Å². The lowest BCUT2D eigenvalue weighted by atomic mass is 9.81. The van der Waals surface area contributed by atoms with E-state index in [4.69, 9.17) is 0 Å². The van der Waals surface area contributed by atoms with Gasteiger partial charge in [0.15, 0.2) is 0 Å². The number of rotatable bonds is 2. The predicted molar refractivity (Wildman–Crippen MR) is 87.7 cm³/mol. The second-order valence-corrected chi connectivity index (χ2v) is 6.48. The van der Waals surface area contributed by atoms with Gasteiger partial charge in [0.05, 0.1) is 0 Å². The summed E-state index contributed by atoms with van der Waals surface area (Å²) in [4.78, 5) is 6.99. The van der Waals surface area contributed by atoms with Crippen LogP contribution < -0.4 is 10.2 Å².